The predicted octanol–water partition coefficient (Wildman–Crippen LogP) is 3.44. The highest BCUT2D eigenvalue weighted by Crippen LogP contribution is 2.13. The third-order valence-electron chi connectivity index (χ3n) is 3.90. The Morgan fingerprint density at radius 3 is 2.43 bits per heavy atom. The average Bonchev–Trinajstić information content (AvgIpc) is 2.48. The van der Waals surface area contributed by atoms with Crippen molar-refractivity contribution in [3.8, 4) is 0 Å². The molecule has 0 aromatic heterocycles. The Labute approximate surface area is 139 Å². The monoisotopic (exact) mass is 319 g/mol. The average molecular weight is 319 g/mol. The molecule has 0 heterocycles. The Balaban J connectivity index is 2.84. The number of ketones is 1. The summed E-state index contributed by atoms with van der Waals surface area (Å²) in [4.78, 5) is 24.5. The van der Waals surface area contributed by atoms with Gasteiger partial charge in [0.1, 0.15) is 0 Å². The number of Topliss-reactive ketones (excluding diaryl/α,β-unsaturated/α-hetero) is 1. The molecule has 0 saturated carbocycles. The van der Waals surface area contributed by atoms with Crippen molar-refractivity contribution in [1.82, 2.24) is 5.32 Å². The molecule has 1 rings (SSSR count). The van der Waals surface area contributed by atoms with E-state index >= 15 is 0 Å². The summed E-state index contributed by atoms with van der Waals surface area (Å²) in [6.07, 6.45) is 1.03. The topological polar surface area (TPSA) is 55.4 Å². The summed E-state index contributed by atoms with van der Waals surface area (Å²) in [6.45, 7) is 11.1. The predicted molar refractivity (Wildman–Crippen MR) is 92.7 cm³/mol. The van der Waals surface area contributed by atoms with Crippen LogP contribution in [0.15, 0.2) is 18.2 Å². The molecule has 0 bridgehead atoms. The van der Waals surface area contributed by atoms with E-state index in [2.05, 4.69) is 19.2 Å². The summed E-state index contributed by atoms with van der Waals surface area (Å²) in [7, 11) is 0. The Morgan fingerprint density at radius 2 is 1.87 bits per heavy atom. The summed E-state index contributed by atoms with van der Waals surface area (Å²) < 4.78 is 5.00. The van der Waals surface area contributed by atoms with Gasteiger partial charge in [-0.25, -0.2) is 0 Å². The first kappa shape index (κ1) is 19.4. The lowest BCUT2D eigenvalue weighted by Gasteiger charge is -2.18. The van der Waals surface area contributed by atoms with Crippen molar-refractivity contribution in [3.63, 3.8) is 0 Å². The third-order valence-corrected chi connectivity index (χ3v) is 3.90. The van der Waals surface area contributed by atoms with Crippen LogP contribution < -0.4 is 5.32 Å². The third kappa shape index (κ3) is 6.53. The van der Waals surface area contributed by atoms with Crippen molar-refractivity contribution in [1.29, 1.82) is 0 Å². The van der Waals surface area contributed by atoms with Gasteiger partial charge in [-0.05, 0) is 56.8 Å². The van der Waals surface area contributed by atoms with Crippen LogP contribution in [0.1, 0.15) is 55.1 Å². The maximum Gasteiger partial charge on any atom is 0.307 e. The second-order valence-corrected chi connectivity index (χ2v) is 6.36. The molecule has 0 fully saturated rings. The molecular formula is C19H29NO3. The lowest BCUT2D eigenvalue weighted by molar-refractivity contribution is -0.143. The van der Waals surface area contributed by atoms with Crippen LogP contribution in [0, 0.1) is 19.8 Å². The Kier molecular flexibility index (Phi) is 7.96. The summed E-state index contributed by atoms with van der Waals surface area (Å²) in [5, 5.41) is 3.22. The van der Waals surface area contributed by atoms with Crippen LogP contribution in [0.2, 0.25) is 0 Å². The van der Waals surface area contributed by atoms with Gasteiger partial charge in [0.2, 0.25) is 0 Å². The van der Waals surface area contributed by atoms with Gasteiger partial charge < -0.3 is 10.1 Å². The zero-order chi connectivity index (χ0) is 17.4. The van der Waals surface area contributed by atoms with Gasteiger partial charge >= 0.3 is 5.97 Å². The van der Waals surface area contributed by atoms with Crippen molar-refractivity contribution in [3.05, 3.63) is 34.9 Å². The van der Waals surface area contributed by atoms with E-state index in [1.807, 2.05) is 32.0 Å². The van der Waals surface area contributed by atoms with E-state index in [-0.39, 0.29) is 18.2 Å². The maximum atomic E-state index is 12.8. The number of hydrogen-bond donors (Lipinski definition) is 1. The zero-order valence-electron chi connectivity index (χ0n) is 14.9. The van der Waals surface area contributed by atoms with Crippen LogP contribution in [-0.2, 0) is 9.53 Å². The van der Waals surface area contributed by atoms with E-state index in [1.165, 1.54) is 0 Å². The minimum Gasteiger partial charge on any atom is -0.466 e. The van der Waals surface area contributed by atoms with E-state index in [0.29, 0.717) is 24.6 Å². The highest BCUT2D eigenvalue weighted by Gasteiger charge is 2.23. The molecule has 0 radical (unpaired) electrons. The van der Waals surface area contributed by atoms with E-state index in [4.69, 9.17) is 4.74 Å². The quantitative estimate of drug-likeness (QED) is 0.559. The molecule has 0 saturated heterocycles. The minimum atomic E-state index is -0.532. The molecule has 0 spiro atoms. The minimum absolute atomic E-state index is 0.0510. The van der Waals surface area contributed by atoms with E-state index in [1.54, 1.807) is 6.92 Å². The van der Waals surface area contributed by atoms with E-state index in [0.717, 1.165) is 17.5 Å². The first-order valence-corrected chi connectivity index (χ1v) is 8.35. The van der Waals surface area contributed by atoms with Crippen molar-refractivity contribution < 1.29 is 14.3 Å². The number of benzene rings is 1. The Hall–Kier alpha value is -1.68. The summed E-state index contributed by atoms with van der Waals surface area (Å²) in [5.74, 6) is 0.152. The first-order chi connectivity index (χ1) is 10.8. The molecule has 1 aromatic carbocycles. The van der Waals surface area contributed by atoms with Crippen LogP contribution >= 0.6 is 0 Å². The SMILES string of the molecule is CCOC(=O)CC(NCCC(C)C)C(=O)c1ccc(C)c(C)c1. The van der Waals surface area contributed by atoms with Crippen LogP contribution in [0.5, 0.6) is 0 Å². The first-order valence-electron chi connectivity index (χ1n) is 8.35. The lowest BCUT2D eigenvalue weighted by atomic mass is 9.97. The van der Waals surface area contributed by atoms with Gasteiger partial charge in [-0.3, -0.25) is 9.59 Å². The molecule has 1 aromatic rings. The lowest BCUT2D eigenvalue weighted by Crippen LogP contribution is -2.40. The number of nitrogens with one attached hydrogen (secondary N) is 1. The number of ether oxygens (including phenoxy) is 1. The molecule has 23 heavy (non-hydrogen) atoms. The smallest absolute Gasteiger partial charge is 0.307 e. The molecule has 0 amide bonds. The van der Waals surface area contributed by atoms with Crippen LogP contribution in [0.3, 0.4) is 0 Å². The van der Waals surface area contributed by atoms with Crippen molar-refractivity contribution in [2.75, 3.05) is 13.2 Å². The van der Waals surface area contributed by atoms with Crippen LogP contribution in [0.4, 0.5) is 0 Å². The number of rotatable bonds is 9. The molecule has 128 valence electrons. The van der Waals surface area contributed by atoms with Gasteiger partial charge in [-0.1, -0.05) is 26.0 Å². The van der Waals surface area contributed by atoms with Crippen molar-refractivity contribution >= 4 is 11.8 Å². The molecule has 4 nitrogen and oxygen atoms in total. The Morgan fingerprint density at radius 1 is 1.17 bits per heavy atom. The van der Waals surface area contributed by atoms with Gasteiger partial charge in [0, 0.05) is 5.56 Å². The van der Waals surface area contributed by atoms with Gasteiger partial charge in [-0.15, -0.1) is 0 Å². The zero-order valence-corrected chi connectivity index (χ0v) is 14.9. The largest absolute Gasteiger partial charge is 0.466 e. The van der Waals surface area contributed by atoms with Crippen molar-refractivity contribution in [2.45, 2.75) is 53.5 Å². The van der Waals surface area contributed by atoms with Gasteiger partial charge in [0.05, 0.1) is 19.1 Å². The normalized spacial score (nSPS) is 12.3. The molecule has 0 aliphatic rings. The summed E-state index contributed by atoms with van der Waals surface area (Å²) >= 11 is 0. The second kappa shape index (κ2) is 9.46. The number of carbonyl (C=O) groups excluding carboxylic acids is 2. The van der Waals surface area contributed by atoms with Crippen molar-refractivity contribution in [2.24, 2.45) is 5.92 Å². The van der Waals surface area contributed by atoms with E-state index < -0.39 is 6.04 Å². The van der Waals surface area contributed by atoms with Crippen LogP contribution in [0.25, 0.3) is 0 Å². The highest BCUT2D eigenvalue weighted by atomic mass is 16.5. The van der Waals surface area contributed by atoms with Gasteiger partial charge in [-0.2, -0.15) is 0 Å². The Bertz CT molecular complexity index is 537. The number of esters is 1. The van der Waals surface area contributed by atoms with Crippen LogP contribution in [-0.4, -0.2) is 30.9 Å². The standard InChI is InChI=1S/C19H29NO3/c1-6-23-18(21)12-17(20-10-9-13(2)3)19(22)16-8-7-14(4)15(5)11-16/h7-8,11,13,17,20H,6,9-10,12H2,1-5H3. The van der Waals surface area contributed by atoms with Gasteiger partial charge in [0.25, 0.3) is 0 Å². The molecule has 4 heteroatoms. The number of hydrogen-bond acceptors (Lipinski definition) is 4. The molecular weight excluding hydrogens is 290 g/mol. The maximum absolute atomic E-state index is 12.8. The second-order valence-electron chi connectivity index (χ2n) is 6.36. The fraction of sp³-hybridized carbons (Fsp3) is 0.579. The highest BCUT2D eigenvalue weighted by molar-refractivity contribution is 6.02. The molecule has 1 atom stereocenters. The molecule has 0 aliphatic heterocycles. The molecule has 1 N–H and O–H groups in total. The van der Waals surface area contributed by atoms with Gasteiger partial charge in [0.15, 0.2) is 5.78 Å². The fourth-order valence-electron chi connectivity index (χ4n) is 2.29. The fourth-order valence-corrected chi connectivity index (χ4v) is 2.29. The molecule has 1 unspecified atom stereocenters. The summed E-state index contributed by atoms with van der Waals surface area (Å²) in [5.41, 5.74) is 2.86. The number of aryl methyl sites for hydroxylation is 2. The number of carbonyl (C=O) groups is 2. The molecule has 0 aliphatic carbocycles. The van der Waals surface area contributed by atoms with E-state index in [9.17, 15) is 9.59 Å². The summed E-state index contributed by atoms with van der Waals surface area (Å²) in [6, 6.07) is 5.13.